The third kappa shape index (κ3) is 3.27. The fraction of sp³-hybridized carbons (Fsp3) is 0.545. The minimum absolute atomic E-state index is 0.118. The second kappa shape index (κ2) is 5.22. The van der Waals surface area contributed by atoms with Gasteiger partial charge in [-0.15, -0.1) is 0 Å². The number of likely N-dealkylation sites (tertiary alicyclic amines) is 1. The molecule has 0 radical (unpaired) electrons. The van der Waals surface area contributed by atoms with E-state index >= 15 is 0 Å². The van der Waals surface area contributed by atoms with E-state index in [9.17, 15) is 13.2 Å². The summed E-state index contributed by atoms with van der Waals surface area (Å²) in [6.07, 6.45) is 4.01. The van der Waals surface area contributed by atoms with Crippen LogP contribution in [-0.4, -0.2) is 47.5 Å². The molecule has 1 aromatic heterocycles. The summed E-state index contributed by atoms with van der Waals surface area (Å²) in [4.78, 5) is 21.7. The highest BCUT2D eigenvalue weighted by molar-refractivity contribution is 7.89. The molecule has 1 amide bonds. The summed E-state index contributed by atoms with van der Waals surface area (Å²) in [5.74, 6) is -0.305. The number of aryl methyl sites for hydroxylation is 1. The van der Waals surface area contributed by atoms with Crippen LogP contribution in [0.2, 0.25) is 0 Å². The number of rotatable bonds is 2. The van der Waals surface area contributed by atoms with Gasteiger partial charge in [0.2, 0.25) is 10.0 Å². The maximum Gasteiger partial charge on any atom is 0.274 e. The Hall–Kier alpha value is -1.54. The number of hydrogen-bond acceptors (Lipinski definition) is 5. The molecule has 0 saturated carbocycles. The first-order valence-electron chi connectivity index (χ1n) is 5.97. The van der Waals surface area contributed by atoms with Crippen molar-refractivity contribution in [1.82, 2.24) is 14.9 Å². The summed E-state index contributed by atoms with van der Waals surface area (Å²) >= 11 is 0. The Balaban J connectivity index is 2.13. The van der Waals surface area contributed by atoms with Crippen molar-refractivity contribution in [2.75, 3.05) is 13.1 Å². The number of carbonyl (C=O) groups is 1. The van der Waals surface area contributed by atoms with Crippen molar-refractivity contribution in [1.29, 1.82) is 0 Å². The number of primary sulfonamides is 1. The molecule has 1 saturated heterocycles. The van der Waals surface area contributed by atoms with Gasteiger partial charge in [0, 0.05) is 19.3 Å². The number of carbonyl (C=O) groups excluding carboxylic acids is 1. The highest BCUT2D eigenvalue weighted by Gasteiger charge is 2.31. The van der Waals surface area contributed by atoms with Crippen LogP contribution >= 0.6 is 0 Å². The lowest BCUT2D eigenvalue weighted by Crippen LogP contribution is -2.47. The second-order valence-electron chi connectivity index (χ2n) is 4.65. The highest BCUT2D eigenvalue weighted by atomic mass is 32.2. The van der Waals surface area contributed by atoms with Gasteiger partial charge in [-0.05, 0) is 19.8 Å². The first-order chi connectivity index (χ1) is 8.88. The summed E-state index contributed by atoms with van der Waals surface area (Å²) in [7, 11) is -3.61. The van der Waals surface area contributed by atoms with Gasteiger partial charge in [-0.25, -0.2) is 18.5 Å². The quantitative estimate of drug-likeness (QED) is 0.801. The molecule has 1 aliphatic rings. The molecular weight excluding hydrogens is 268 g/mol. The summed E-state index contributed by atoms with van der Waals surface area (Å²) in [6.45, 7) is 2.41. The first kappa shape index (κ1) is 13.9. The zero-order valence-electron chi connectivity index (χ0n) is 10.6. The molecule has 0 bridgehead atoms. The molecule has 2 heterocycles. The average Bonchev–Trinajstić information content (AvgIpc) is 2.38. The van der Waals surface area contributed by atoms with Gasteiger partial charge in [-0.2, -0.15) is 0 Å². The Morgan fingerprint density at radius 3 is 2.74 bits per heavy atom. The maximum absolute atomic E-state index is 12.2. The van der Waals surface area contributed by atoms with Crippen molar-refractivity contribution >= 4 is 15.9 Å². The van der Waals surface area contributed by atoms with Crippen LogP contribution < -0.4 is 5.14 Å². The number of aromatic nitrogens is 2. The molecule has 104 valence electrons. The van der Waals surface area contributed by atoms with E-state index < -0.39 is 15.3 Å². The minimum Gasteiger partial charge on any atom is -0.336 e. The monoisotopic (exact) mass is 284 g/mol. The standard InChI is InChI=1S/C11H16N4O3S/c1-8-5-14-10(6-13-8)11(16)15-4-2-3-9(7-15)19(12,17)18/h5-6,9H,2-4,7H2,1H3,(H2,12,17,18). The van der Waals surface area contributed by atoms with E-state index in [2.05, 4.69) is 9.97 Å². The lowest BCUT2D eigenvalue weighted by molar-refractivity contribution is 0.0720. The molecule has 0 aliphatic carbocycles. The number of nitrogens with two attached hydrogens (primary N) is 1. The van der Waals surface area contributed by atoms with Crippen LogP contribution in [0.4, 0.5) is 0 Å². The van der Waals surface area contributed by atoms with Crippen molar-refractivity contribution in [3.05, 3.63) is 23.8 Å². The normalized spacial score (nSPS) is 20.3. The van der Waals surface area contributed by atoms with Crippen LogP contribution in [-0.2, 0) is 10.0 Å². The van der Waals surface area contributed by atoms with Gasteiger partial charge >= 0.3 is 0 Å². The predicted octanol–water partition coefficient (Wildman–Crippen LogP) is -0.322. The fourth-order valence-electron chi connectivity index (χ4n) is 2.06. The topological polar surface area (TPSA) is 106 Å². The fourth-order valence-corrected chi connectivity index (χ4v) is 2.94. The predicted molar refractivity (Wildman–Crippen MR) is 68.8 cm³/mol. The SMILES string of the molecule is Cc1cnc(C(=O)N2CCCC(S(N)(=O)=O)C2)cn1. The Bertz CT molecular complexity index is 570. The number of amides is 1. The average molecular weight is 284 g/mol. The lowest BCUT2D eigenvalue weighted by atomic mass is 10.1. The van der Waals surface area contributed by atoms with Crippen molar-refractivity contribution in [2.45, 2.75) is 25.0 Å². The van der Waals surface area contributed by atoms with Crippen molar-refractivity contribution < 1.29 is 13.2 Å². The van der Waals surface area contributed by atoms with Crippen molar-refractivity contribution in [2.24, 2.45) is 5.14 Å². The van der Waals surface area contributed by atoms with Crippen LogP contribution in [0.5, 0.6) is 0 Å². The summed E-state index contributed by atoms with van der Waals surface area (Å²) in [5, 5.41) is 4.45. The Morgan fingerprint density at radius 1 is 1.42 bits per heavy atom. The van der Waals surface area contributed by atoms with Crippen LogP contribution in [0.25, 0.3) is 0 Å². The van der Waals surface area contributed by atoms with Gasteiger partial charge in [0.25, 0.3) is 5.91 Å². The summed E-state index contributed by atoms with van der Waals surface area (Å²) in [5.41, 5.74) is 0.943. The van der Waals surface area contributed by atoms with Gasteiger partial charge in [0.1, 0.15) is 5.69 Å². The zero-order valence-corrected chi connectivity index (χ0v) is 11.4. The Morgan fingerprint density at radius 2 is 2.16 bits per heavy atom. The van der Waals surface area contributed by atoms with E-state index in [0.29, 0.717) is 19.4 Å². The number of hydrogen-bond donors (Lipinski definition) is 1. The lowest BCUT2D eigenvalue weighted by Gasteiger charge is -2.31. The number of nitrogens with zero attached hydrogens (tertiary/aromatic N) is 3. The largest absolute Gasteiger partial charge is 0.336 e. The summed E-state index contributed by atoms with van der Waals surface area (Å²) in [6, 6.07) is 0. The number of piperidine rings is 1. The van der Waals surface area contributed by atoms with Crippen LogP contribution in [0.15, 0.2) is 12.4 Å². The molecule has 1 unspecified atom stereocenters. The molecule has 8 heteroatoms. The molecule has 2 N–H and O–H groups in total. The molecule has 1 fully saturated rings. The molecular formula is C11H16N4O3S. The zero-order chi connectivity index (χ0) is 14.0. The van der Waals surface area contributed by atoms with E-state index in [0.717, 1.165) is 5.69 Å². The first-order valence-corrected chi connectivity index (χ1v) is 7.58. The molecule has 1 atom stereocenters. The molecule has 7 nitrogen and oxygen atoms in total. The molecule has 2 rings (SSSR count). The van der Waals surface area contributed by atoms with Gasteiger partial charge in [0.05, 0.1) is 17.1 Å². The van der Waals surface area contributed by atoms with Gasteiger partial charge < -0.3 is 4.90 Å². The van der Waals surface area contributed by atoms with Gasteiger partial charge in [-0.3, -0.25) is 9.78 Å². The van der Waals surface area contributed by atoms with Crippen LogP contribution in [0, 0.1) is 6.92 Å². The van der Waals surface area contributed by atoms with E-state index in [4.69, 9.17) is 5.14 Å². The number of sulfonamides is 1. The Labute approximate surface area is 111 Å². The summed E-state index contributed by atoms with van der Waals surface area (Å²) < 4.78 is 22.7. The second-order valence-corrected chi connectivity index (χ2v) is 6.49. The molecule has 1 aliphatic heterocycles. The van der Waals surface area contributed by atoms with E-state index in [1.54, 1.807) is 6.92 Å². The van der Waals surface area contributed by atoms with E-state index in [-0.39, 0.29) is 18.1 Å². The third-order valence-corrected chi connectivity index (χ3v) is 4.44. The molecule has 19 heavy (non-hydrogen) atoms. The van der Waals surface area contributed by atoms with Crippen LogP contribution in [0.1, 0.15) is 29.0 Å². The maximum atomic E-state index is 12.2. The Kier molecular flexibility index (Phi) is 3.81. The smallest absolute Gasteiger partial charge is 0.274 e. The molecule has 0 spiro atoms. The van der Waals surface area contributed by atoms with E-state index in [1.807, 2.05) is 0 Å². The van der Waals surface area contributed by atoms with Crippen molar-refractivity contribution in [3.8, 4) is 0 Å². The molecule has 1 aromatic rings. The third-order valence-electron chi connectivity index (χ3n) is 3.13. The van der Waals surface area contributed by atoms with Gasteiger partial charge in [0.15, 0.2) is 0 Å². The van der Waals surface area contributed by atoms with Crippen molar-refractivity contribution in [3.63, 3.8) is 0 Å². The van der Waals surface area contributed by atoms with Gasteiger partial charge in [-0.1, -0.05) is 0 Å². The van der Waals surface area contributed by atoms with E-state index in [1.165, 1.54) is 17.3 Å². The van der Waals surface area contributed by atoms with Crippen LogP contribution in [0.3, 0.4) is 0 Å². The molecule has 0 aromatic carbocycles. The highest BCUT2D eigenvalue weighted by Crippen LogP contribution is 2.16. The minimum atomic E-state index is -3.61.